The number of H-pyrrole nitrogens is 1. The van der Waals surface area contributed by atoms with Crippen molar-refractivity contribution in [1.29, 1.82) is 0 Å². The largest absolute Gasteiger partial charge is 0.346 e. The van der Waals surface area contributed by atoms with Crippen LogP contribution in [0.3, 0.4) is 0 Å². The number of aromatic amines is 1. The molecular formula is C13H17N3. The van der Waals surface area contributed by atoms with E-state index in [0.29, 0.717) is 11.5 Å². The van der Waals surface area contributed by atoms with Crippen LogP contribution in [-0.2, 0) is 6.54 Å². The van der Waals surface area contributed by atoms with E-state index in [1.54, 1.807) is 0 Å². The number of fused-ring (bicyclic) bond motifs is 1. The van der Waals surface area contributed by atoms with Crippen molar-refractivity contribution in [1.82, 2.24) is 15.3 Å². The molecular weight excluding hydrogens is 198 g/mol. The highest BCUT2D eigenvalue weighted by Gasteiger charge is 2.44. The molecule has 3 rings (SSSR count). The summed E-state index contributed by atoms with van der Waals surface area (Å²) in [4.78, 5) is 7.49. The van der Waals surface area contributed by atoms with Gasteiger partial charge < -0.3 is 10.3 Å². The number of rotatable bonds is 3. The van der Waals surface area contributed by atoms with Crippen molar-refractivity contribution >= 4 is 11.0 Å². The Kier molecular flexibility index (Phi) is 2.04. The van der Waals surface area contributed by atoms with E-state index in [4.69, 9.17) is 0 Å². The minimum absolute atomic E-state index is 0.490. The van der Waals surface area contributed by atoms with Gasteiger partial charge in [0.2, 0.25) is 0 Å². The third-order valence-corrected chi connectivity index (χ3v) is 3.59. The first-order valence-electron chi connectivity index (χ1n) is 5.81. The Hall–Kier alpha value is -1.35. The minimum Gasteiger partial charge on any atom is -0.346 e. The van der Waals surface area contributed by atoms with Crippen molar-refractivity contribution in [2.24, 2.45) is 5.41 Å². The van der Waals surface area contributed by atoms with Gasteiger partial charge in [-0.05, 0) is 29.5 Å². The third kappa shape index (κ3) is 1.61. The molecule has 3 heteroatoms. The second kappa shape index (κ2) is 3.32. The minimum atomic E-state index is 0.490. The lowest BCUT2D eigenvalue weighted by Gasteiger charge is -2.05. The molecule has 0 aliphatic heterocycles. The zero-order chi connectivity index (χ0) is 11.2. The summed E-state index contributed by atoms with van der Waals surface area (Å²) in [5.74, 6) is 0. The Balaban J connectivity index is 1.75. The summed E-state index contributed by atoms with van der Waals surface area (Å²) in [6.07, 6.45) is 5.16. The lowest BCUT2D eigenvalue weighted by Crippen LogP contribution is -2.19. The maximum Gasteiger partial charge on any atom is 0.137 e. The highest BCUT2D eigenvalue weighted by atomic mass is 15.0. The molecule has 1 aliphatic rings. The maximum absolute atomic E-state index is 4.29. The molecule has 2 aromatic heterocycles. The van der Waals surface area contributed by atoms with Crippen LogP contribution in [0.4, 0.5) is 0 Å². The predicted octanol–water partition coefficient (Wildman–Crippen LogP) is 2.45. The molecule has 3 nitrogen and oxygen atoms in total. The van der Waals surface area contributed by atoms with Gasteiger partial charge in [-0.25, -0.2) is 4.98 Å². The van der Waals surface area contributed by atoms with E-state index in [9.17, 15) is 0 Å². The molecule has 1 saturated carbocycles. The van der Waals surface area contributed by atoms with Crippen molar-refractivity contribution in [2.45, 2.75) is 32.9 Å². The predicted molar refractivity (Wildman–Crippen MR) is 65.1 cm³/mol. The first-order chi connectivity index (χ1) is 7.67. The molecule has 2 N–H and O–H groups in total. The number of hydrogen-bond acceptors (Lipinski definition) is 2. The Morgan fingerprint density at radius 1 is 1.56 bits per heavy atom. The lowest BCUT2D eigenvalue weighted by molar-refractivity contribution is 0.543. The van der Waals surface area contributed by atoms with Gasteiger partial charge in [0.05, 0.1) is 0 Å². The van der Waals surface area contributed by atoms with Crippen molar-refractivity contribution < 1.29 is 0 Å². The van der Waals surface area contributed by atoms with E-state index in [-0.39, 0.29) is 0 Å². The average Bonchev–Trinajstić information content (AvgIpc) is 2.73. The van der Waals surface area contributed by atoms with Crippen molar-refractivity contribution in [3.05, 3.63) is 30.1 Å². The van der Waals surface area contributed by atoms with Crippen LogP contribution in [0.2, 0.25) is 0 Å². The molecule has 0 saturated heterocycles. The van der Waals surface area contributed by atoms with Crippen LogP contribution >= 0.6 is 0 Å². The Labute approximate surface area is 95.3 Å². The van der Waals surface area contributed by atoms with Crippen LogP contribution in [0.5, 0.6) is 0 Å². The maximum atomic E-state index is 4.29. The molecule has 0 aromatic carbocycles. The first-order valence-corrected chi connectivity index (χ1v) is 5.81. The molecule has 0 radical (unpaired) electrons. The summed E-state index contributed by atoms with van der Waals surface area (Å²) in [7, 11) is 0. The van der Waals surface area contributed by atoms with E-state index in [0.717, 1.165) is 12.2 Å². The zero-order valence-corrected chi connectivity index (χ0v) is 9.75. The summed E-state index contributed by atoms with van der Waals surface area (Å²) in [6.45, 7) is 5.54. The van der Waals surface area contributed by atoms with Gasteiger partial charge >= 0.3 is 0 Å². The smallest absolute Gasteiger partial charge is 0.137 e. The van der Waals surface area contributed by atoms with Crippen molar-refractivity contribution in [3.8, 4) is 0 Å². The number of nitrogens with one attached hydrogen (secondary N) is 2. The summed E-state index contributed by atoms with van der Waals surface area (Å²) in [6, 6.07) is 4.78. The fourth-order valence-electron chi connectivity index (χ4n) is 2.21. The second-order valence-electron chi connectivity index (χ2n) is 5.34. The number of hydrogen-bond donors (Lipinski definition) is 2. The summed E-state index contributed by atoms with van der Waals surface area (Å²) >= 11 is 0. The normalized spacial score (nSPS) is 22.5. The van der Waals surface area contributed by atoms with Gasteiger partial charge in [0, 0.05) is 30.4 Å². The average molecular weight is 215 g/mol. The molecule has 0 amide bonds. The highest BCUT2D eigenvalue weighted by Crippen LogP contribution is 2.44. The Bertz CT molecular complexity index is 513. The van der Waals surface area contributed by atoms with Gasteiger partial charge in [0.15, 0.2) is 0 Å². The SMILES string of the molecule is CC1(C)CC1NCc1c[nH]c2ncccc12. The van der Waals surface area contributed by atoms with Gasteiger partial charge in [-0.3, -0.25) is 0 Å². The molecule has 1 atom stereocenters. The summed E-state index contributed by atoms with van der Waals surface area (Å²) in [5.41, 5.74) is 2.78. The van der Waals surface area contributed by atoms with Crippen LogP contribution in [0.25, 0.3) is 11.0 Å². The van der Waals surface area contributed by atoms with Gasteiger partial charge in [0.25, 0.3) is 0 Å². The van der Waals surface area contributed by atoms with Crippen LogP contribution in [0, 0.1) is 5.41 Å². The van der Waals surface area contributed by atoms with Gasteiger partial charge in [0.1, 0.15) is 5.65 Å². The standard InChI is InChI=1S/C13H17N3/c1-13(2)6-11(13)15-7-9-8-16-12-10(9)4-3-5-14-12/h3-5,8,11,15H,6-7H2,1-2H3,(H,14,16). The fraction of sp³-hybridized carbons (Fsp3) is 0.462. The first kappa shape index (κ1) is 9.85. The third-order valence-electron chi connectivity index (χ3n) is 3.59. The topological polar surface area (TPSA) is 40.7 Å². The second-order valence-corrected chi connectivity index (χ2v) is 5.34. The molecule has 1 unspecified atom stereocenters. The molecule has 2 heterocycles. The number of nitrogens with zero attached hydrogens (tertiary/aromatic N) is 1. The number of pyridine rings is 1. The summed E-state index contributed by atoms with van der Waals surface area (Å²) in [5, 5.41) is 4.82. The van der Waals surface area contributed by atoms with Crippen LogP contribution in [-0.4, -0.2) is 16.0 Å². The van der Waals surface area contributed by atoms with Crippen molar-refractivity contribution in [3.63, 3.8) is 0 Å². The molecule has 1 aliphatic carbocycles. The van der Waals surface area contributed by atoms with Gasteiger partial charge in [-0.2, -0.15) is 0 Å². The quantitative estimate of drug-likeness (QED) is 0.825. The molecule has 84 valence electrons. The molecule has 1 fully saturated rings. The molecule has 16 heavy (non-hydrogen) atoms. The van der Waals surface area contributed by atoms with E-state index in [1.807, 2.05) is 12.3 Å². The van der Waals surface area contributed by atoms with E-state index in [2.05, 4.69) is 41.4 Å². The van der Waals surface area contributed by atoms with E-state index in [1.165, 1.54) is 17.4 Å². The van der Waals surface area contributed by atoms with Crippen molar-refractivity contribution in [2.75, 3.05) is 0 Å². The van der Waals surface area contributed by atoms with Crippen LogP contribution < -0.4 is 5.32 Å². The fourth-order valence-corrected chi connectivity index (χ4v) is 2.21. The Morgan fingerprint density at radius 2 is 2.38 bits per heavy atom. The summed E-state index contributed by atoms with van der Waals surface area (Å²) < 4.78 is 0. The van der Waals surface area contributed by atoms with E-state index >= 15 is 0 Å². The molecule has 0 bridgehead atoms. The molecule has 2 aromatic rings. The van der Waals surface area contributed by atoms with Gasteiger partial charge in [-0.1, -0.05) is 13.8 Å². The van der Waals surface area contributed by atoms with E-state index < -0.39 is 0 Å². The number of aromatic nitrogens is 2. The zero-order valence-electron chi connectivity index (χ0n) is 9.75. The van der Waals surface area contributed by atoms with Crippen LogP contribution in [0.15, 0.2) is 24.5 Å². The Morgan fingerprint density at radius 3 is 3.12 bits per heavy atom. The van der Waals surface area contributed by atoms with Crippen LogP contribution in [0.1, 0.15) is 25.8 Å². The molecule has 0 spiro atoms. The van der Waals surface area contributed by atoms with Gasteiger partial charge in [-0.15, -0.1) is 0 Å². The highest BCUT2D eigenvalue weighted by molar-refractivity contribution is 5.79. The lowest BCUT2D eigenvalue weighted by atomic mass is 10.2. The monoisotopic (exact) mass is 215 g/mol.